The van der Waals surface area contributed by atoms with Crippen molar-refractivity contribution in [3.8, 4) is 0 Å². The second-order valence-corrected chi connectivity index (χ2v) is 4.20. The first-order valence-corrected chi connectivity index (χ1v) is 5.43. The summed E-state index contributed by atoms with van der Waals surface area (Å²) in [5.74, 6) is 0. The van der Waals surface area contributed by atoms with Crippen molar-refractivity contribution in [1.82, 2.24) is 0 Å². The Kier molecular flexibility index (Phi) is 2.92. The van der Waals surface area contributed by atoms with Crippen molar-refractivity contribution in [2.24, 2.45) is 5.73 Å². The second-order valence-electron chi connectivity index (χ2n) is 4.20. The van der Waals surface area contributed by atoms with Gasteiger partial charge in [-0.3, -0.25) is 5.73 Å². The minimum Gasteiger partial charge on any atom is -0.397 e. The number of nitrogens with two attached hydrogens (primary N) is 3. The lowest BCUT2D eigenvalue weighted by molar-refractivity contribution is 0.0399. The van der Waals surface area contributed by atoms with Gasteiger partial charge in [0.15, 0.2) is 0 Å². The van der Waals surface area contributed by atoms with E-state index in [0.29, 0.717) is 17.8 Å². The Hall–Kier alpha value is -1.78. The molecule has 0 spiro atoms. The van der Waals surface area contributed by atoms with E-state index >= 15 is 0 Å². The van der Waals surface area contributed by atoms with Crippen LogP contribution >= 0.6 is 0 Å². The fourth-order valence-corrected chi connectivity index (χ4v) is 1.76. The van der Waals surface area contributed by atoms with Crippen LogP contribution in [-0.2, 0) is 4.74 Å². The van der Waals surface area contributed by atoms with Gasteiger partial charge in [-0.1, -0.05) is 18.2 Å². The second kappa shape index (κ2) is 4.24. The Balaban J connectivity index is 2.26. The van der Waals surface area contributed by atoms with E-state index in [2.05, 4.69) is 0 Å². The number of allylic oxidation sites excluding steroid dienone is 2. The summed E-state index contributed by atoms with van der Waals surface area (Å²) in [4.78, 5) is 0. The van der Waals surface area contributed by atoms with Crippen LogP contribution in [0.1, 0.15) is 12.0 Å². The van der Waals surface area contributed by atoms with Crippen LogP contribution in [-0.4, -0.2) is 12.8 Å². The lowest BCUT2D eigenvalue weighted by atomic mass is 9.95. The number of hydrogen-bond acceptors (Lipinski definition) is 4. The molecule has 0 radical (unpaired) electrons. The van der Waals surface area contributed by atoms with E-state index in [1.165, 1.54) is 0 Å². The molecule has 17 heavy (non-hydrogen) atoms. The van der Waals surface area contributed by atoms with Crippen molar-refractivity contribution in [2.75, 3.05) is 18.6 Å². The zero-order valence-electron chi connectivity index (χ0n) is 9.81. The number of rotatable bonds is 2. The van der Waals surface area contributed by atoms with Crippen molar-refractivity contribution in [1.29, 1.82) is 0 Å². The zero-order chi connectivity index (χ0) is 12.5. The number of anilines is 2. The third-order valence-electron chi connectivity index (χ3n) is 2.99. The smallest absolute Gasteiger partial charge is 0.139 e. The van der Waals surface area contributed by atoms with E-state index in [0.717, 1.165) is 11.1 Å². The Labute approximate surface area is 101 Å². The van der Waals surface area contributed by atoms with E-state index in [1.54, 1.807) is 13.2 Å². The molecule has 0 aliphatic heterocycles. The molecule has 0 fully saturated rings. The molecule has 1 aromatic rings. The standard InChI is InChI=1S/C13H17N3O/c1-17-13(16)6-4-9(5-7-13)10-2-3-11(14)12(15)8-10/h2-6,8H,7,14-16H2,1H3. The molecule has 1 aliphatic carbocycles. The highest BCUT2D eigenvalue weighted by atomic mass is 16.5. The Bertz CT molecular complexity index is 493. The highest BCUT2D eigenvalue weighted by Crippen LogP contribution is 2.28. The molecule has 4 heteroatoms. The predicted octanol–water partition coefficient (Wildman–Crippen LogP) is 1.50. The molecule has 0 saturated carbocycles. The third-order valence-corrected chi connectivity index (χ3v) is 2.99. The quantitative estimate of drug-likeness (QED) is 0.531. The average Bonchev–Trinajstić information content (AvgIpc) is 2.34. The van der Waals surface area contributed by atoms with Crippen molar-refractivity contribution in [3.05, 3.63) is 42.0 Å². The van der Waals surface area contributed by atoms with Crippen molar-refractivity contribution >= 4 is 16.9 Å². The zero-order valence-corrected chi connectivity index (χ0v) is 9.81. The Morgan fingerprint density at radius 2 is 2.00 bits per heavy atom. The molecule has 0 bridgehead atoms. The molecule has 1 aromatic carbocycles. The molecule has 0 aromatic heterocycles. The van der Waals surface area contributed by atoms with Gasteiger partial charge in [0.25, 0.3) is 0 Å². The van der Waals surface area contributed by atoms with Gasteiger partial charge in [-0.25, -0.2) is 0 Å². The fourth-order valence-electron chi connectivity index (χ4n) is 1.76. The highest BCUT2D eigenvalue weighted by Gasteiger charge is 2.22. The van der Waals surface area contributed by atoms with Gasteiger partial charge < -0.3 is 16.2 Å². The summed E-state index contributed by atoms with van der Waals surface area (Å²) in [6, 6.07) is 5.61. The lowest BCUT2D eigenvalue weighted by Gasteiger charge is -2.26. The summed E-state index contributed by atoms with van der Waals surface area (Å²) in [5, 5.41) is 0. The van der Waals surface area contributed by atoms with E-state index in [4.69, 9.17) is 21.9 Å². The molecule has 1 unspecified atom stereocenters. The summed E-state index contributed by atoms with van der Waals surface area (Å²) in [6.07, 6.45) is 6.47. The van der Waals surface area contributed by atoms with Gasteiger partial charge in [0, 0.05) is 13.5 Å². The fraction of sp³-hybridized carbons (Fsp3) is 0.231. The van der Waals surface area contributed by atoms with Crippen LogP contribution in [0, 0.1) is 0 Å². The molecule has 0 saturated heterocycles. The number of nitrogen functional groups attached to an aromatic ring is 2. The summed E-state index contributed by atoms with van der Waals surface area (Å²) >= 11 is 0. The van der Waals surface area contributed by atoms with Gasteiger partial charge in [0.2, 0.25) is 0 Å². The molecule has 6 N–H and O–H groups in total. The number of hydrogen-bond donors (Lipinski definition) is 3. The van der Waals surface area contributed by atoms with Gasteiger partial charge in [0.05, 0.1) is 11.4 Å². The van der Waals surface area contributed by atoms with Crippen LogP contribution in [0.15, 0.2) is 36.4 Å². The summed E-state index contributed by atoms with van der Waals surface area (Å²) < 4.78 is 5.21. The van der Waals surface area contributed by atoms with Crippen LogP contribution in [0.2, 0.25) is 0 Å². The van der Waals surface area contributed by atoms with E-state index < -0.39 is 5.72 Å². The molecule has 1 atom stereocenters. The van der Waals surface area contributed by atoms with Crippen LogP contribution in [0.25, 0.3) is 5.57 Å². The Morgan fingerprint density at radius 3 is 2.53 bits per heavy atom. The number of methoxy groups -OCH3 is 1. The van der Waals surface area contributed by atoms with E-state index in [9.17, 15) is 0 Å². The van der Waals surface area contributed by atoms with Gasteiger partial charge in [-0.2, -0.15) is 0 Å². The van der Waals surface area contributed by atoms with E-state index in [-0.39, 0.29) is 0 Å². The maximum Gasteiger partial charge on any atom is 0.139 e. The van der Waals surface area contributed by atoms with Crippen molar-refractivity contribution < 1.29 is 4.74 Å². The van der Waals surface area contributed by atoms with E-state index in [1.807, 2.05) is 30.4 Å². The largest absolute Gasteiger partial charge is 0.397 e. The molecule has 1 aliphatic rings. The molecule has 0 amide bonds. The Morgan fingerprint density at radius 1 is 1.24 bits per heavy atom. The third kappa shape index (κ3) is 2.33. The normalized spacial score (nSPS) is 23.5. The maximum atomic E-state index is 5.95. The molecule has 90 valence electrons. The number of benzene rings is 1. The highest BCUT2D eigenvalue weighted by molar-refractivity contribution is 5.79. The summed E-state index contributed by atoms with van der Waals surface area (Å²) in [7, 11) is 1.60. The van der Waals surface area contributed by atoms with Crippen LogP contribution in [0.3, 0.4) is 0 Å². The summed E-state index contributed by atoms with van der Waals surface area (Å²) in [6.45, 7) is 0. The van der Waals surface area contributed by atoms with Crippen LogP contribution in [0.4, 0.5) is 11.4 Å². The maximum absolute atomic E-state index is 5.95. The van der Waals surface area contributed by atoms with Crippen molar-refractivity contribution in [3.63, 3.8) is 0 Å². The van der Waals surface area contributed by atoms with Crippen LogP contribution in [0.5, 0.6) is 0 Å². The molecule has 2 rings (SSSR count). The van der Waals surface area contributed by atoms with Gasteiger partial charge >= 0.3 is 0 Å². The van der Waals surface area contributed by atoms with Gasteiger partial charge in [-0.15, -0.1) is 0 Å². The molecular formula is C13H17N3O. The van der Waals surface area contributed by atoms with Gasteiger partial charge in [0.1, 0.15) is 5.72 Å². The van der Waals surface area contributed by atoms with Gasteiger partial charge in [-0.05, 0) is 29.3 Å². The molecule has 4 nitrogen and oxygen atoms in total. The predicted molar refractivity (Wildman–Crippen MR) is 70.9 cm³/mol. The first-order valence-electron chi connectivity index (χ1n) is 5.43. The minimum absolute atomic E-state index is 0.591. The average molecular weight is 231 g/mol. The lowest BCUT2D eigenvalue weighted by Crippen LogP contribution is -2.40. The first kappa shape index (κ1) is 11.7. The molecular weight excluding hydrogens is 214 g/mol. The summed E-state index contributed by atoms with van der Waals surface area (Å²) in [5.41, 5.74) is 20.0. The molecule has 0 heterocycles. The number of ether oxygens (including phenoxy) is 1. The van der Waals surface area contributed by atoms with Crippen LogP contribution < -0.4 is 17.2 Å². The monoisotopic (exact) mass is 231 g/mol. The SMILES string of the molecule is COC1(N)C=CC(c2ccc(N)c(N)c2)=CC1. The van der Waals surface area contributed by atoms with Crippen molar-refractivity contribution in [2.45, 2.75) is 12.1 Å². The minimum atomic E-state index is -0.692. The first-order chi connectivity index (χ1) is 8.04. The topological polar surface area (TPSA) is 87.3 Å².